The fourth-order valence-electron chi connectivity index (χ4n) is 3.72. The third-order valence-corrected chi connectivity index (χ3v) is 5.21. The molecule has 1 fully saturated rings. The van der Waals surface area contributed by atoms with Gasteiger partial charge in [-0.2, -0.15) is 0 Å². The summed E-state index contributed by atoms with van der Waals surface area (Å²) in [7, 11) is 3.11. The molecule has 0 bridgehead atoms. The summed E-state index contributed by atoms with van der Waals surface area (Å²) in [6.45, 7) is 1.04. The monoisotopic (exact) mass is 400 g/mol. The largest absolute Gasteiger partial charge is 0.370 e. The minimum atomic E-state index is -0.662. The molecule has 29 heavy (non-hydrogen) atoms. The number of nitrogens with zero attached hydrogens (tertiary/aromatic N) is 5. The molecule has 0 atom stereocenters. The van der Waals surface area contributed by atoms with E-state index in [2.05, 4.69) is 10.3 Å². The van der Waals surface area contributed by atoms with Crippen LogP contribution in [-0.4, -0.2) is 37.7 Å². The first-order valence-electron chi connectivity index (χ1n) is 9.32. The number of imidazole rings is 1. The first kappa shape index (κ1) is 18.9. The maximum absolute atomic E-state index is 14.5. The number of anilines is 2. The van der Waals surface area contributed by atoms with Gasteiger partial charge in [0.1, 0.15) is 18.0 Å². The number of hydrogen-bond acceptors (Lipinski definition) is 5. The number of carbonyl (C=O) groups is 1. The highest BCUT2D eigenvalue weighted by Crippen LogP contribution is 2.31. The minimum absolute atomic E-state index is 0.0610. The molecule has 1 aliphatic heterocycles. The molecule has 1 saturated heterocycles. The van der Waals surface area contributed by atoms with Gasteiger partial charge in [0.25, 0.3) is 5.56 Å². The van der Waals surface area contributed by atoms with E-state index in [0.717, 1.165) is 30.5 Å². The molecule has 4 rings (SSSR count). The minimum Gasteiger partial charge on any atom is -0.370 e. The Morgan fingerprint density at radius 2 is 1.93 bits per heavy atom. The van der Waals surface area contributed by atoms with Crippen LogP contribution in [0.3, 0.4) is 0 Å². The normalized spacial score (nSPS) is 14.0. The predicted molar refractivity (Wildman–Crippen MR) is 107 cm³/mol. The summed E-state index contributed by atoms with van der Waals surface area (Å²) in [5.41, 5.74) is -0.173. The maximum Gasteiger partial charge on any atom is 0.332 e. The molecule has 3 heterocycles. The van der Waals surface area contributed by atoms with Gasteiger partial charge in [0.05, 0.1) is 12.0 Å². The van der Waals surface area contributed by atoms with Gasteiger partial charge in [0, 0.05) is 27.2 Å². The van der Waals surface area contributed by atoms with E-state index < -0.39 is 29.5 Å². The lowest BCUT2D eigenvalue weighted by molar-refractivity contribution is -0.116. The zero-order valence-electron chi connectivity index (χ0n) is 16.2. The van der Waals surface area contributed by atoms with Crippen molar-refractivity contribution in [1.82, 2.24) is 18.7 Å². The van der Waals surface area contributed by atoms with Crippen LogP contribution >= 0.6 is 0 Å². The van der Waals surface area contributed by atoms with E-state index in [4.69, 9.17) is 0 Å². The molecule has 1 aliphatic rings. The molecule has 152 valence electrons. The summed E-state index contributed by atoms with van der Waals surface area (Å²) in [6, 6.07) is 4.61. The second kappa shape index (κ2) is 7.19. The van der Waals surface area contributed by atoms with Crippen LogP contribution in [0.15, 0.2) is 34.1 Å². The van der Waals surface area contributed by atoms with Crippen LogP contribution in [0.5, 0.6) is 0 Å². The van der Waals surface area contributed by atoms with Crippen LogP contribution in [0.1, 0.15) is 12.8 Å². The number of amides is 1. The van der Waals surface area contributed by atoms with Gasteiger partial charge in [-0.3, -0.25) is 14.2 Å². The molecule has 9 nitrogen and oxygen atoms in total. The smallest absolute Gasteiger partial charge is 0.332 e. The van der Waals surface area contributed by atoms with Crippen LogP contribution in [-0.2, 0) is 25.4 Å². The molecule has 3 aromatic rings. The highest BCUT2D eigenvalue weighted by Gasteiger charge is 2.21. The number of nitrogens with one attached hydrogen (secondary N) is 1. The van der Waals surface area contributed by atoms with Gasteiger partial charge in [-0.05, 0) is 25.0 Å². The Morgan fingerprint density at radius 1 is 1.21 bits per heavy atom. The summed E-state index contributed by atoms with van der Waals surface area (Å²) < 4.78 is 18.0. The van der Waals surface area contributed by atoms with Crippen LogP contribution < -0.4 is 21.5 Å². The lowest BCUT2D eigenvalue weighted by atomic mass is 10.2. The van der Waals surface area contributed by atoms with Crippen molar-refractivity contribution in [3.05, 3.63) is 51.2 Å². The Hall–Kier alpha value is -3.43. The number of halogens is 1. The van der Waals surface area contributed by atoms with Crippen molar-refractivity contribution in [3.63, 3.8) is 0 Å². The molecule has 0 aliphatic carbocycles. The number of rotatable bonds is 4. The number of para-hydroxylation sites is 1. The van der Waals surface area contributed by atoms with Gasteiger partial charge < -0.3 is 14.8 Å². The van der Waals surface area contributed by atoms with Crippen LogP contribution in [0, 0.1) is 5.82 Å². The van der Waals surface area contributed by atoms with Crippen molar-refractivity contribution in [1.29, 1.82) is 0 Å². The first-order valence-corrected chi connectivity index (χ1v) is 9.32. The van der Waals surface area contributed by atoms with Crippen molar-refractivity contribution in [3.8, 4) is 0 Å². The van der Waals surface area contributed by atoms with Gasteiger partial charge in [0.2, 0.25) is 5.91 Å². The average molecular weight is 400 g/mol. The molecule has 2 aromatic heterocycles. The number of aromatic nitrogens is 4. The van der Waals surface area contributed by atoms with Gasteiger partial charge in [0.15, 0.2) is 11.2 Å². The SMILES string of the molecule is Cn1cnc2c1c(=O)n(CC(=O)Nc1c(F)cccc1N1CCCC1)c(=O)n2C. The van der Waals surface area contributed by atoms with Gasteiger partial charge in [-0.1, -0.05) is 6.07 Å². The molecular weight excluding hydrogens is 379 g/mol. The van der Waals surface area contributed by atoms with Crippen LogP contribution in [0.4, 0.5) is 15.8 Å². The van der Waals surface area contributed by atoms with Crippen molar-refractivity contribution < 1.29 is 9.18 Å². The number of carbonyl (C=O) groups excluding carboxylic acids is 1. The summed E-state index contributed by atoms with van der Waals surface area (Å²) in [6.07, 6.45) is 3.43. The van der Waals surface area contributed by atoms with E-state index in [9.17, 15) is 18.8 Å². The molecule has 1 amide bonds. The quantitative estimate of drug-likeness (QED) is 0.700. The number of fused-ring (bicyclic) bond motifs is 1. The third kappa shape index (κ3) is 3.20. The fraction of sp³-hybridized carbons (Fsp3) is 0.368. The zero-order chi connectivity index (χ0) is 20.7. The van der Waals surface area contributed by atoms with E-state index in [1.54, 1.807) is 19.2 Å². The lowest BCUT2D eigenvalue weighted by Crippen LogP contribution is -2.42. The van der Waals surface area contributed by atoms with E-state index in [0.29, 0.717) is 5.69 Å². The topological polar surface area (TPSA) is 94.2 Å². The fourth-order valence-corrected chi connectivity index (χ4v) is 3.72. The Labute approximate surface area is 165 Å². The molecule has 0 spiro atoms. The molecule has 10 heteroatoms. The van der Waals surface area contributed by atoms with Crippen molar-refractivity contribution in [2.75, 3.05) is 23.3 Å². The van der Waals surface area contributed by atoms with Crippen molar-refractivity contribution >= 4 is 28.4 Å². The highest BCUT2D eigenvalue weighted by molar-refractivity contribution is 5.94. The van der Waals surface area contributed by atoms with Gasteiger partial charge >= 0.3 is 5.69 Å². The summed E-state index contributed by atoms with van der Waals surface area (Å²) >= 11 is 0. The number of hydrogen-bond donors (Lipinski definition) is 1. The second-order valence-electron chi connectivity index (χ2n) is 7.14. The van der Waals surface area contributed by atoms with Crippen molar-refractivity contribution in [2.45, 2.75) is 19.4 Å². The maximum atomic E-state index is 14.5. The standard InChI is InChI=1S/C19H21FN6O3/c1-23-11-21-17-16(23)18(28)26(19(29)24(17)2)10-14(27)22-15-12(20)6-5-7-13(15)25-8-3-4-9-25/h5-7,11H,3-4,8-10H2,1-2H3,(H,22,27). The van der Waals surface area contributed by atoms with Crippen LogP contribution in [0.2, 0.25) is 0 Å². The van der Waals surface area contributed by atoms with Gasteiger partial charge in [-0.15, -0.1) is 0 Å². The Balaban J connectivity index is 1.68. The van der Waals surface area contributed by atoms with E-state index in [1.165, 1.54) is 28.6 Å². The van der Waals surface area contributed by atoms with Gasteiger partial charge in [-0.25, -0.2) is 18.7 Å². The van der Waals surface area contributed by atoms with Crippen molar-refractivity contribution in [2.24, 2.45) is 14.1 Å². The number of benzene rings is 1. The Bertz CT molecular complexity index is 1220. The summed E-state index contributed by atoms with van der Waals surface area (Å²) in [4.78, 5) is 44.0. The molecule has 0 radical (unpaired) electrons. The summed E-state index contributed by atoms with van der Waals surface area (Å²) in [5.74, 6) is -1.22. The first-order chi connectivity index (χ1) is 13.9. The Kier molecular flexibility index (Phi) is 4.69. The van der Waals surface area contributed by atoms with E-state index in [-0.39, 0.29) is 16.9 Å². The average Bonchev–Trinajstić information content (AvgIpc) is 3.35. The molecule has 1 aromatic carbocycles. The van der Waals surface area contributed by atoms with E-state index in [1.807, 2.05) is 4.90 Å². The number of aryl methyl sites for hydroxylation is 2. The summed E-state index contributed by atoms with van der Waals surface area (Å²) in [5, 5.41) is 2.55. The highest BCUT2D eigenvalue weighted by atomic mass is 19.1. The molecule has 0 saturated carbocycles. The molecule has 1 N–H and O–H groups in total. The Morgan fingerprint density at radius 3 is 2.66 bits per heavy atom. The predicted octanol–water partition coefficient (Wildman–Crippen LogP) is 0.812. The zero-order valence-corrected chi connectivity index (χ0v) is 16.2. The molecular formula is C19H21FN6O3. The van der Waals surface area contributed by atoms with Crippen LogP contribution in [0.25, 0.3) is 11.2 Å². The molecule has 0 unspecified atom stereocenters. The lowest BCUT2D eigenvalue weighted by Gasteiger charge is -2.22. The van der Waals surface area contributed by atoms with E-state index >= 15 is 0 Å². The second-order valence-corrected chi connectivity index (χ2v) is 7.14. The third-order valence-electron chi connectivity index (χ3n) is 5.21.